The standard InChI is InChI=1S/C11H16O5S.C2H6O/c1-14-10-6-4-9(5-7-10)11(15-2)8-16-17(3,12)13;1-2-3/h4-7,11H,8H2,1-3H3;3H,2H2,1H3. The van der Waals surface area contributed by atoms with E-state index < -0.39 is 16.2 Å². The molecule has 0 heterocycles. The highest BCUT2D eigenvalue weighted by molar-refractivity contribution is 7.85. The molecule has 1 atom stereocenters. The first kappa shape index (κ1) is 18.9. The zero-order valence-corrected chi connectivity index (χ0v) is 13.0. The van der Waals surface area contributed by atoms with Gasteiger partial charge in [-0.2, -0.15) is 8.42 Å². The molecular weight excluding hydrogens is 284 g/mol. The Balaban J connectivity index is 0.00000110. The quantitative estimate of drug-likeness (QED) is 0.799. The number of aliphatic hydroxyl groups is 1. The summed E-state index contributed by atoms with van der Waals surface area (Å²) in [7, 11) is -0.375. The van der Waals surface area contributed by atoms with Gasteiger partial charge in [0.15, 0.2) is 0 Å². The van der Waals surface area contributed by atoms with Gasteiger partial charge in [0, 0.05) is 13.7 Å². The Kier molecular flexibility index (Phi) is 9.15. The van der Waals surface area contributed by atoms with Crippen molar-refractivity contribution in [3.05, 3.63) is 29.8 Å². The molecule has 116 valence electrons. The molecule has 0 fully saturated rings. The van der Waals surface area contributed by atoms with Crippen LogP contribution in [0.15, 0.2) is 24.3 Å². The lowest BCUT2D eigenvalue weighted by atomic mass is 10.1. The van der Waals surface area contributed by atoms with Crippen LogP contribution in [0.4, 0.5) is 0 Å². The summed E-state index contributed by atoms with van der Waals surface area (Å²) in [5, 5.41) is 7.57. The molecule has 0 aliphatic carbocycles. The fourth-order valence-electron chi connectivity index (χ4n) is 1.30. The number of ether oxygens (including phenoxy) is 2. The summed E-state index contributed by atoms with van der Waals surface area (Å²) < 4.78 is 36.7. The van der Waals surface area contributed by atoms with Gasteiger partial charge in [-0.1, -0.05) is 12.1 Å². The lowest BCUT2D eigenvalue weighted by Gasteiger charge is -2.15. The fourth-order valence-corrected chi connectivity index (χ4v) is 1.68. The van der Waals surface area contributed by atoms with Crippen molar-refractivity contribution in [2.45, 2.75) is 13.0 Å². The third kappa shape index (κ3) is 8.11. The average Bonchev–Trinajstić information content (AvgIpc) is 2.40. The number of rotatable bonds is 6. The molecule has 0 saturated heterocycles. The molecule has 1 rings (SSSR count). The van der Waals surface area contributed by atoms with Gasteiger partial charge in [-0.05, 0) is 24.6 Å². The van der Waals surface area contributed by atoms with E-state index >= 15 is 0 Å². The molecule has 0 amide bonds. The lowest BCUT2D eigenvalue weighted by molar-refractivity contribution is 0.0601. The Morgan fingerprint density at radius 1 is 1.20 bits per heavy atom. The average molecular weight is 306 g/mol. The Hall–Kier alpha value is -1.15. The minimum absolute atomic E-state index is 0.0400. The largest absolute Gasteiger partial charge is 0.497 e. The second-order valence-electron chi connectivity index (χ2n) is 3.80. The highest BCUT2D eigenvalue weighted by atomic mass is 32.2. The van der Waals surface area contributed by atoms with E-state index in [-0.39, 0.29) is 13.2 Å². The molecule has 6 nitrogen and oxygen atoms in total. The van der Waals surface area contributed by atoms with Gasteiger partial charge in [0.05, 0.1) is 20.0 Å². The number of aliphatic hydroxyl groups excluding tert-OH is 1. The molecule has 0 aliphatic rings. The van der Waals surface area contributed by atoms with E-state index in [1.807, 2.05) is 0 Å². The molecule has 7 heteroatoms. The van der Waals surface area contributed by atoms with Crippen LogP contribution in [0.3, 0.4) is 0 Å². The third-order valence-electron chi connectivity index (χ3n) is 2.21. The number of hydrogen-bond donors (Lipinski definition) is 1. The predicted octanol–water partition coefficient (Wildman–Crippen LogP) is 1.36. The van der Waals surface area contributed by atoms with Crippen LogP contribution in [0.1, 0.15) is 18.6 Å². The summed E-state index contributed by atoms with van der Waals surface area (Å²) in [5.74, 6) is 0.729. The first-order valence-corrected chi connectivity index (χ1v) is 7.81. The minimum atomic E-state index is -3.45. The van der Waals surface area contributed by atoms with Gasteiger partial charge in [-0.3, -0.25) is 4.18 Å². The van der Waals surface area contributed by atoms with E-state index in [1.165, 1.54) is 7.11 Å². The van der Waals surface area contributed by atoms with E-state index in [4.69, 9.17) is 18.8 Å². The van der Waals surface area contributed by atoms with E-state index in [9.17, 15) is 8.42 Å². The van der Waals surface area contributed by atoms with Crippen LogP contribution in [0, 0.1) is 0 Å². The van der Waals surface area contributed by atoms with E-state index in [0.717, 1.165) is 17.6 Å². The molecular formula is C13H22O6S. The maximum absolute atomic E-state index is 10.9. The van der Waals surface area contributed by atoms with Gasteiger partial charge in [-0.15, -0.1) is 0 Å². The van der Waals surface area contributed by atoms with Crippen molar-refractivity contribution >= 4 is 10.1 Å². The maximum atomic E-state index is 10.9. The van der Waals surface area contributed by atoms with Crippen LogP contribution >= 0.6 is 0 Å². The normalized spacial score (nSPS) is 12.2. The van der Waals surface area contributed by atoms with Crippen LogP contribution in [0.5, 0.6) is 5.75 Å². The molecule has 0 spiro atoms. The SMILES string of the molecule is CCO.COc1ccc(C(COS(C)(=O)=O)OC)cc1. The van der Waals surface area contributed by atoms with Crippen molar-refractivity contribution in [2.24, 2.45) is 0 Å². The highest BCUT2D eigenvalue weighted by Crippen LogP contribution is 2.20. The molecule has 1 aromatic rings. The monoisotopic (exact) mass is 306 g/mol. The van der Waals surface area contributed by atoms with E-state index in [0.29, 0.717) is 0 Å². The van der Waals surface area contributed by atoms with Crippen molar-refractivity contribution in [3.8, 4) is 5.75 Å². The molecule has 0 aromatic heterocycles. The van der Waals surface area contributed by atoms with Gasteiger partial charge in [0.2, 0.25) is 0 Å². The van der Waals surface area contributed by atoms with E-state index in [2.05, 4.69) is 0 Å². The predicted molar refractivity (Wildman–Crippen MR) is 76.3 cm³/mol. The van der Waals surface area contributed by atoms with Gasteiger partial charge in [0.25, 0.3) is 10.1 Å². The van der Waals surface area contributed by atoms with Crippen molar-refractivity contribution in [1.82, 2.24) is 0 Å². The highest BCUT2D eigenvalue weighted by Gasteiger charge is 2.14. The zero-order valence-electron chi connectivity index (χ0n) is 12.2. The molecule has 1 N–H and O–H groups in total. The van der Waals surface area contributed by atoms with Gasteiger partial charge >= 0.3 is 0 Å². The maximum Gasteiger partial charge on any atom is 0.264 e. The number of methoxy groups -OCH3 is 2. The molecule has 1 aromatic carbocycles. The fraction of sp³-hybridized carbons (Fsp3) is 0.538. The second-order valence-corrected chi connectivity index (χ2v) is 5.45. The Labute approximate surface area is 120 Å². The Morgan fingerprint density at radius 2 is 1.70 bits per heavy atom. The van der Waals surface area contributed by atoms with Crippen LogP contribution in [-0.4, -0.2) is 47.2 Å². The smallest absolute Gasteiger partial charge is 0.264 e. The van der Waals surface area contributed by atoms with Crippen LogP contribution < -0.4 is 4.74 Å². The topological polar surface area (TPSA) is 82.1 Å². The molecule has 0 saturated carbocycles. The summed E-state index contributed by atoms with van der Waals surface area (Å²) in [6.45, 7) is 1.89. The summed E-state index contributed by atoms with van der Waals surface area (Å²) in [6.07, 6.45) is 0.587. The summed E-state index contributed by atoms with van der Waals surface area (Å²) in [5.41, 5.74) is 0.831. The molecule has 0 radical (unpaired) electrons. The Morgan fingerprint density at radius 3 is 2.05 bits per heavy atom. The summed E-state index contributed by atoms with van der Waals surface area (Å²) in [4.78, 5) is 0. The van der Waals surface area contributed by atoms with E-state index in [1.54, 1.807) is 38.3 Å². The third-order valence-corrected chi connectivity index (χ3v) is 2.77. The van der Waals surface area contributed by atoms with Gasteiger partial charge in [-0.25, -0.2) is 0 Å². The first-order valence-electron chi connectivity index (χ1n) is 5.99. The summed E-state index contributed by atoms with van der Waals surface area (Å²) >= 11 is 0. The molecule has 0 bridgehead atoms. The van der Waals surface area contributed by atoms with Crippen molar-refractivity contribution in [3.63, 3.8) is 0 Å². The lowest BCUT2D eigenvalue weighted by Crippen LogP contribution is -2.13. The van der Waals surface area contributed by atoms with Crippen LogP contribution in [0.2, 0.25) is 0 Å². The van der Waals surface area contributed by atoms with Crippen molar-refractivity contribution in [2.75, 3.05) is 33.7 Å². The first-order chi connectivity index (χ1) is 9.37. The molecule has 0 aliphatic heterocycles. The molecule has 20 heavy (non-hydrogen) atoms. The van der Waals surface area contributed by atoms with Crippen LogP contribution in [-0.2, 0) is 19.0 Å². The number of benzene rings is 1. The van der Waals surface area contributed by atoms with Crippen LogP contribution in [0.25, 0.3) is 0 Å². The minimum Gasteiger partial charge on any atom is -0.497 e. The molecule has 1 unspecified atom stereocenters. The van der Waals surface area contributed by atoms with Crippen molar-refractivity contribution in [1.29, 1.82) is 0 Å². The summed E-state index contributed by atoms with van der Waals surface area (Å²) in [6, 6.07) is 7.17. The number of hydrogen-bond acceptors (Lipinski definition) is 6. The second kappa shape index (κ2) is 9.71. The zero-order chi connectivity index (χ0) is 15.6. The van der Waals surface area contributed by atoms with Gasteiger partial charge in [0.1, 0.15) is 11.9 Å². The van der Waals surface area contributed by atoms with Gasteiger partial charge < -0.3 is 14.6 Å². The van der Waals surface area contributed by atoms with Crippen molar-refractivity contribution < 1.29 is 27.2 Å². The Bertz CT molecular complexity index is 454.